The Morgan fingerprint density at radius 1 is 1.12 bits per heavy atom. The van der Waals surface area contributed by atoms with Gasteiger partial charge in [0.25, 0.3) is 5.91 Å². The summed E-state index contributed by atoms with van der Waals surface area (Å²) in [4.78, 5) is 35.7. The van der Waals surface area contributed by atoms with Crippen molar-refractivity contribution in [3.63, 3.8) is 0 Å². The van der Waals surface area contributed by atoms with Crippen LogP contribution < -0.4 is 4.74 Å². The summed E-state index contributed by atoms with van der Waals surface area (Å²) >= 11 is 0. The van der Waals surface area contributed by atoms with E-state index in [0.29, 0.717) is 71.3 Å². The van der Waals surface area contributed by atoms with Gasteiger partial charge < -0.3 is 24.0 Å². The van der Waals surface area contributed by atoms with Gasteiger partial charge in [-0.05, 0) is 84.6 Å². The van der Waals surface area contributed by atoms with Crippen molar-refractivity contribution < 1.29 is 28.6 Å². The van der Waals surface area contributed by atoms with E-state index >= 15 is 4.39 Å². The van der Waals surface area contributed by atoms with Crippen LogP contribution in [0.4, 0.5) is 4.39 Å². The summed E-state index contributed by atoms with van der Waals surface area (Å²) in [6.45, 7) is 16.6. The van der Waals surface area contributed by atoms with E-state index in [1.54, 1.807) is 45.4 Å². The number of halogens is 1. The summed E-state index contributed by atoms with van der Waals surface area (Å²) in [5, 5.41) is 11.0. The first-order valence-corrected chi connectivity index (χ1v) is 15.1. The van der Waals surface area contributed by atoms with Crippen LogP contribution in [0.3, 0.4) is 0 Å². The van der Waals surface area contributed by atoms with E-state index in [-0.39, 0.29) is 11.7 Å². The van der Waals surface area contributed by atoms with Crippen molar-refractivity contribution in [1.29, 1.82) is 0 Å². The van der Waals surface area contributed by atoms with Gasteiger partial charge in [0.05, 0.1) is 12.2 Å². The molecule has 4 heterocycles. The number of aromatic nitrogens is 2. The van der Waals surface area contributed by atoms with E-state index < -0.39 is 23.5 Å². The Hall–Kier alpha value is -3.50. The monoisotopic (exact) mass is 594 g/mol. The first-order chi connectivity index (χ1) is 20.2. The lowest BCUT2D eigenvalue weighted by molar-refractivity contribution is -0.160. The van der Waals surface area contributed by atoms with E-state index in [1.165, 1.54) is 6.07 Å². The van der Waals surface area contributed by atoms with Gasteiger partial charge in [-0.2, -0.15) is 0 Å². The van der Waals surface area contributed by atoms with Crippen molar-refractivity contribution in [1.82, 2.24) is 19.4 Å². The van der Waals surface area contributed by atoms with Crippen molar-refractivity contribution in [2.45, 2.75) is 79.1 Å². The molecule has 2 aromatic heterocycles. The lowest BCUT2D eigenvalue weighted by Gasteiger charge is -2.36. The Bertz CT molecular complexity index is 1580. The average molecular weight is 595 g/mol. The number of carboxylic acids is 1. The molecular formula is C33H43FN4O5. The highest BCUT2D eigenvalue weighted by Gasteiger charge is 2.35. The number of benzene rings is 1. The second-order valence-electron chi connectivity index (χ2n) is 13.0. The molecule has 0 bridgehead atoms. The van der Waals surface area contributed by atoms with Gasteiger partial charge in [0, 0.05) is 67.0 Å². The quantitative estimate of drug-likeness (QED) is 0.407. The maximum absolute atomic E-state index is 15.6. The van der Waals surface area contributed by atoms with Crippen molar-refractivity contribution in [2.75, 3.05) is 32.8 Å². The molecule has 1 aromatic carbocycles. The van der Waals surface area contributed by atoms with Crippen LogP contribution in [0, 0.1) is 19.7 Å². The van der Waals surface area contributed by atoms with Gasteiger partial charge in [0.15, 0.2) is 17.7 Å². The first-order valence-electron chi connectivity index (χ1n) is 15.1. The Kier molecular flexibility index (Phi) is 8.30. The molecular weight excluding hydrogens is 551 g/mol. The third-order valence-corrected chi connectivity index (χ3v) is 8.62. The standard InChI is InChI=1S/C33H43FN4O5/c1-18(2)37-11-13-38(14-12-37)31(39)25-17-23-27(22-16-24(34)28-21(19(22)3)10-9-15-42-28)26(20(4)35-30(23)36(25)8)29(32(40)41)43-33(5,6)7/h16-18,29H,9-15H2,1-8H3,(H,40,41)/t29-/m0/s1. The van der Waals surface area contributed by atoms with E-state index in [2.05, 4.69) is 18.7 Å². The summed E-state index contributed by atoms with van der Waals surface area (Å²) in [5.41, 5.74) is 3.62. The van der Waals surface area contributed by atoms with Crippen molar-refractivity contribution in [3.8, 4) is 16.9 Å². The van der Waals surface area contributed by atoms with E-state index in [9.17, 15) is 14.7 Å². The van der Waals surface area contributed by atoms with Gasteiger partial charge in [-0.25, -0.2) is 14.2 Å². The fraction of sp³-hybridized carbons (Fsp3) is 0.545. The smallest absolute Gasteiger partial charge is 0.337 e. The van der Waals surface area contributed by atoms with Gasteiger partial charge in [0.2, 0.25) is 0 Å². The molecule has 2 aliphatic heterocycles. The number of ether oxygens (including phenoxy) is 2. The SMILES string of the molecule is Cc1nc2c(cc(C(=O)N3CCN(C(C)C)CC3)n2C)c(-c2cc(F)c3c(c2C)CCCO3)c1[C@H](OC(C)(C)C)C(=O)O. The first kappa shape index (κ1) is 30.9. The molecule has 1 saturated heterocycles. The molecule has 3 aromatic rings. The second kappa shape index (κ2) is 11.5. The molecule has 232 valence electrons. The van der Waals surface area contributed by atoms with Gasteiger partial charge in [0.1, 0.15) is 11.3 Å². The van der Waals surface area contributed by atoms with Crippen LogP contribution in [0.15, 0.2) is 12.1 Å². The molecule has 9 nitrogen and oxygen atoms in total. The van der Waals surface area contributed by atoms with Crippen LogP contribution in [-0.4, -0.2) is 80.8 Å². The van der Waals surface area contributed by atoms with Gasteiger partial charge >= 0.3 is 5.97 Å². The molecule has 43 heavy (non-hydrogen) atoms. The minimum atomic E-state index is -1.37. The lowest BCUT2D eigenvalue weighted by atomic mass is 9.86. The van der Waals surface area contributed by atoms with Crippen LogP contribution in [-0.2, 0) is 23.0 Å². The molecule has 0 unspecified atom stereocenters. The number of carbonyl (C=O) groups excluding carboxylic acids is 1. The predicted octanol–water partition coefficient (Wildman–Crippen LogP) is 5.43. The number of nitrogens with zero attached hydrogens (tertiary/aromatic N) is 4. The molecule has 0 saturated carbocycles. The summed E-state index contributed by atoms with van der Waals surface area (Å²) in [7, 11) is 1.80. The minimum absolute atomic E-state index is 0.114. The Morgan fingerprint density at radius 2 is 1.79 bits per heavy atom. The fourth-order valence-corrected chi connectivity index (χ4v) is 6.38. The number of aryl methyl sites for hydroxylation is 2. The number of piperazine rings is 1. The minimum Gasteiger partial charge on any atom is -0.490 e. The Morgan fingerprint density at radius 3 is 2.40 bits per heavy atom. The zero-order chi connectivity index (χ0) is 31.4. The van der Waals surface area contributed by atoms with Gasteiger partial charge in [-0.3, -0.25) is 9.69 Å². The highest BCUT2D eigenvalue weighted by atomic mass is 19.1. The zero-order valence-corrected chi connectivity index (χ0v) is 26.5. The van der Waals surface area contributed by atoms with Crippen LogP contribution in [0.1, 0.15) is 80.0 Å². The summed E-state index contributed by atoms with van der Waals surface area (Å²) in [6, 6.07) is 3.61. The molecule has 5 rings (SSSR count). The van der Waals surface area contributed by atoms with Crippen molar-refractivity contribution in [3.05, 3.63) is 46.0 Å². The van der Waals surface area contributed by atoms with Crippen LogP contribution in [0.5, 0.6) is 5.75 Å². The van der Waals surface area contributed by atoms with E-state index in [1.807, 2.05) is 11.8 Å². The molecule has 0 spiro atoms. The third kappa shape index (κ3) is 5.74. The van der Waals surface area contributed by atoms with Crippen molar-refractivity contribution in [2.24, 2.45) is 7.05 Å². The molecule has 0 radical (unpaired) electrons. The molecule has 1 fully saturated rings. The molecule has 1 amide bonds. The number of fused-ring (bicyclic) bond motifs is 2. The summed E-state index contributed by atoms with van der Waals surface area (Å²) < 4.78 is 29.2. The number of carbonyl (C=O) groups is 2. The maximum atomic E-state index is 15.6. The summed E-state index contributed by atoms with van der Waals surface area (Å²) in [5.74, 6) is -1.53. The maximum Gasteiger partial charge on any atom is 0.337 e. The highest BCUT2D eigenvalue weighted by molar-refractivity contribution is 6.04. The summed E-state index contributed by atoms with van der Waals surface area (Å²) in [6.07, 6.45) is 0.0360. The second-order valence-corrected chi connectivity index (χ2v) is 13.0. The number of hydrogen-bond acceptors (Lipinski definition) is 6. The zero-order valence-electron chi connectivity index (χ0n) is 26.5. The number of aliphatic carboxylic acids is 1. The van der Waals surface area contributed by atoms with Gasteiger partial charge in [-0.1, -0.05) is 0 Å². The normalized spacial score (nSPS) is 16.8. The van der Waals surface area contributed by atoms with Crippen LogP contribution in [0.25, 0.3) is 22.2 Å². The van der Waals surface area contributed by atoms with E-state index in [4.69, 9.17) is 14.5 Å². The molecule has 10 heteroatoms. The number of amides is 1. The number of hydrogen-bond donors (Lipinski definition) is 1. The largest absolute Gasteiger partial charge is 0.490 e. The van der Waals surface area contributed by atoms with Gasteiger partial charge in [-0.15, -0.1) is 0 Å². The predicted molar refractivity (Wildman–Crippen MR) is 163 cm³/mol. The average Bonchev–Trinajstić information content (AvgIpc) is 3.27. The third-order valence-electron chi connectivity index (χ3n) is 8.62. The molecule has 1 atom stereocenters. The van der Waals surface area contributed by atoms with Crippen molar-refractivity contribution >= 4 is 22.9 Å². The topological polar surface area (TPSA) is 97.1 Å². The number of rotatable bonds is 6. The number of pyridine rings is 1. The number of carboxylic acid groups (broad SMARTS) is 1. The highest BCUT2D eigenvalue weighted by Crippen LogP contribution is 2.45. The Labute approximate surface area is 252 Å². The van der Waals surface area contributed by atoms with E-state index in [0.717, 1.165) is 30.6 Å². The van der Waals surface area contributed by atoms with Crippen LogP contribution >= 0.6 is 0 Å². The lowest BCUT2D eigenvalue weighted by Crippen LogP contribution is -2.50. The molecule has 1 N–H and O–H groups in total. The Balaban J connectivity index is 1.75. The molecule has 0 aliphatic carbocycles. The fourth-order valence-electron chi connectivity index (χ4n) is 6.38. The van der Waals surface area contributed by atoms with Crippen LogP contribution in [0.2, 0.25) is 0 Å². The molecule has 2 aliphatic rings.